The largest absolute Gasteiger partial charge is 0.481 e. The van der Waals surface area contributed by atoms with Crippen LogP contribution < -0.4 is 5.32 Å². The first-order chi connectivity index (χ1) is 10.1. The minimum absolute atomic E-state index is 0.0631. The van der Waals surface area contributed by atoms with Crippen molar-refractivity contribution in [2.45, 2.75) is 38.8 Å². The lowest BCUT2D eigenvalue weighted by Crippen LogP contribution is -2.33. The van der Waals surface area contributed by atoms with E-state index < -0.39 is 5.97 Å². The van der Waals surface area contributed by atoms with Crippen molar-refractivity contribution in [3.05, 3.63) is 30.6 Å². The van der Waals surface area contributed by atoms with Crippen molar-refractivity contribution in [1.29, 1.82) is 0 Å². The molecule has 2 rings (SSSR count). The number of aromatic nitrogens is 2. The molecule has 6 nitrogen and oxygen atoms in total. The summed E-state index contributed by atoms with van der Waals surface area (Å²) in [6.45, 7) is 2.37. The molecule has 1 amide bonds. The van der Waals surface area contributed by atoms with E-state index in [1.54, 1.807) is 6.33 Å². The van der Waals surface area contributed by atoms with Gasteiger partial charge in [-0.25, -0.2) is 4.98 Å². The van der Waals surface area contributed by atoms with Gasteiger partial charge in [0, 0.05) is 25.4 Å². The van der Waals surface area contributed by atoms with Gasteiger partial charge in [-0.2, -0.15) is 0 Å². The Kier molecular flexibility index (Phi) is 4.92. The lowest BCUT2D eigenvalue weighted by molar-refractivity contribution is -0.137. The minimum Gasteiger partial charge on any atom is -0.481 e. The molecule has 1 atom stereocenters. The maximum atomic E-state index is 11.8. The molecule has 112 valence electrons. The molecule has 1 aromatic heterocycles. The number of carbonyl (C=O) groups excluding carboxylic acids is 1. The molecule has 0 saturated carbocycles. The second kappa shape index (κ2) is 6.88. The quantitative estimate of drug-likeness (QED) is 0.814. The van der Waals surface area contributed by atoms with Crippen LogP contribution in [-0.4, -0.2) is 32.6 Å². The van der Waals surface area contributed by atoms with Crippen molar-refractivity contribution in [3.63, 3.8) is 0 Å². The number of benzene rings is 1. The first kappa shape index (κ1) is 15.0. The highest BCUT2D eigenvalue weighted by molar-refractivity contribution is 5.77. The number of nitrogens with zero attached hydrogens (tertiary/aromatic N) is 2. The van der Waals surface area contributed by atoms with Gasteiger partial charge >= 0.3 is 5.97 Å². The molecule has 0 bridgehead atoms. The molecule has 1 aromatic carbocycles. The Morgan fingerprint density at radius 3 is 2.86 bits per heavy atom. The maximum absolute atomic E-state index is 11.8. The summed E-state index contributed by atoms with van der Waals surface area (Å²) in [4.78, 5) is 26.6. The van der Waals surface area contributed by atoms with Crippen LogP contribution in [0.1, 0.15) is 26.2 Å². The molecule has 0 radical (unpaired) electrons. The fourth-order valence-corrected chi connectivity index (χ4v) is 2.17. The van der Waals surface area contributed by atoms with Gasteiger partial charge in [0.2, 0.25) is 5.91 Å². The van der Waals surface area contributed by atoms with E-state index in [9.17, 15) is 9.59 Å². The van der Waals surface area contributed by atoms with Crippen LogP contribution >= 0.6 is 0 Å². The van der Waals surface area contributed by atoms with E-state index in [0.717, 1.165) is 11.0 Å². The van der Waals surface area contributed by atoms with Crippen molar-refractivity contribution >= 4 is 22.9 Å². The van der Waals surface area contributed by atoms with E-state index in [4.69, 9.17) is 5.11 Å². The molecule has 6 heteroatoms. The van der Waals surface area contributed by atoms with Crippen LogP contribution in [0.5, 0.6) is 0 Å². The van der Waals surface area contributed by atoms with Crippen molar-refractivity contribution < 1.29 is 14.7 Å². The fraction of sp³-hybridized carbons (Fsp3) is 0.400. The van der Waals surface area contributed by atoms with Gasteiger partial charge in [0.15, 0.2) is 0 Å². The van der Waals surface area contributed by atoms with Crippen LogP contribution in [0.3, 0.4) is 0 Å². The Morgan fingerprint density at radius 2 is 2.10 bits per heavy atom. The summed E-state index contributed by atoms with van der Waals surface area (Å²) in [6, 6.07) is 7.63. The number of carbonyl (C=O) groups is 2. The number of hydrogen-bond donors (Lipinski definition) is 2. The summed E-state index contributed by atoms with van der Waals surface area (Å²) >= 11 is 0. The monoisotopic (exact) mass is 289 g/mol. The lowest BCUT2D eigenvalue weighted by atomic mass is 10.2. The number of amides is 1. The summed E-state index contributed by atoms with van der Waals surface area (Å²) in [5.41, 5.74) is 1.91. The molecule has 0 saturated heterocycles. The third-order valence-corrected chi connectivity index (χ3v) is 3.31. The number of imidazole rings is 1. The fourth-order valence-electron chi connectivity index (χ4n) is 2.17. The minimum atomic E-state index is -0.846. The van der Waals surface area contributed by atoms with E-state index >= 15 is 0 Å². The van der Waals surface area contributed by atoms with Crippen LogP contribution in [0.25, 0.3) is 11.0 Å². The van der Waals surface area contributed by atoms with Crippen LogP contribution in [0.4, 0.5) is 0 Å². The van der Waals surface area contributed by atoms with Crippen molar-refractivity contribution in [2.75, 3.05) is 0 Å². The molecule has 1 unspecified atom stereocenters. The first-order valence-electron chi connectivity index (χ1n) is 6.97. The number of aliphatic carboxylic acids is 1. The Bertz CT molecular complexity index is 636. The number of rotatable bonds is 7. The number of para-hydroxylation sites is 2. The van der Waals surface area contributed by atoms with Gasteiger partial charge in [0.25, 0.3) is 0 Å². The second-order valence-electron chi connectivity index (χ2n) is 5.08. The number of nitrogens with one attached hydrogen (secondary N) is 1. The van der Waals surface area contributed by atoms with Gasteiger partial charge in [-0.05, 0) is 25.5 Å². The Hall–Kier alpha value is -2.37. The SMILES string of the molecule is CC(CCC(=O)O)NC(=O)CCn1cnc2ccccc21. The van der Waals surface area contributed by atoms with Gasteiger partial charge in [-0.15, -0.1) is 0 Å². The summed E-state index contributed by atoms with van der Waals surface area (Å²) in [5.74, 6) is -0.924. The third kappa shape index (κ3) is 4.30. The van der Waals surface area contributed by atoms with Gasteiger partial charge in [-0.1, -0.05) is 12.1 Å². The molecule has 21 heavy (non-hydrogen) atoms. The lowest BCUT2D eigenvalue weighted by Gasteiger charge is -2.13. The summed E-state index contributed by atoms with van der Waals surface area (Å²) in [5, 5.41) is 11.4. The number of carboxylic acids is 1. The summed E-state index contributed by atoms with van der Waals surface area (Å²) in [6.07, 6.45) is 2.58. The number of aryl methyl sites for hydroxylation is 1. The van der Waals surface area contributed by atoms with Crippen molar-refractivity contribution in [1.82, 2.24) is 14.9 Å². The van der Waals surface area contributed by atoms with Gasteiger partial charge in [-0.3, -0.25) is 9.59 Å². The number of fused-ring (bicyclic) bond motifs is 1. The molecular formula is C15H19N3O3. The van der Waals surface area contributed by atoms with Crippen LogP contribution in [0.15, 0.2) is 30.6 Å². The highest BCUT2D eigenvalue weighted by Crippen LogP contribution is 2.12. The highest BCUT2D eigenvalue weighted by Gasteiger charge is 2.10. The molecule has 2 aromatic rings. The van der Waals surface area contributed by atoms with Gasteiger partial charge in [0.05, 0.1) is 17.4 Å². The molecule has 0 spiro atoms. The first-order valence-corrected chi connectivity index (χ1v) is 6.97. The zero-order valence-corrected chi connectivity index (χ0v) is 12.0. The second-order valence-corrected chi connectivity index (χ2v) is 5.08. The van der Waals surface area contributed by atoms with Crippen molar-refractivity contribution in [2.24, 2.45) is 0 Å². The number of carboxylic acid groups (broad SMARTS) is 1. The molecule has 0 aliphatic rings. The van der Waals surface area contributed by atoms with Crippen LogP contribution in [0, 0.1) is 0 Å². The van der Waals surface area contributed by atoms with E-state index in [-0.39, 0.29) is 18.4 Å². The molecule has 1 heterocycles. The summed E-state index contributed by atoms with van der Waals surface area (Å²) in [7, 11) is 0. The normalized spacial score (nSPS) is 12.2. The van der Waals surface area contributed by atoms with E-state index in [1.165, 1.54) is 0 Å². The zero-order chi connectivity index (χ0) is 15.2. The predicted octanol–water partition coefficient (Wildman–Crippen LogP) is 1.80. The Labute approximate surface area is 122 Å². The average Bonchev–Trinajstić information content (AvgIpc) is 2.86. The zero-order valence-electron chi connectivity index (χ0n) is 12.0. The van der Waals surface area contributed by atoms with E-state index in [1.807, 2.05) is 35.8 Å². The molecule has 0 aliphatic carbocycles. The van der Waals surface area contributed by atoms with Gasteiger partial charge < -0.3 is 15.0 Å². The van der Waals surface area contributed by atoms with E-state index in [0.29, 0.717) is 19.4 Å². The topological polar surface area (TPSA) is 84.2 Å². The smallest absolute Gasteiger partial charge is 0.303 e. The predicted molar refractivity (Wildman–Crippen MR) is 78.8 cm³/mol. The molecule has 2 N–H and O–H groups in total. The summed E-state index contributed by atoms with van der Waals surface area (Å²) < 4.78 is 1.94. The average molecular weight is 289 g/mol. The van der Waals surface area contributed by atoms with Crippen LogP contribution in [0.2, 0.25) is 0 Å². The molecule has 0 aliphatic heterocycles. The Morgan fingerprint density at radius 1 is 1.33 bits per heavy atom. The third-order valence-electron chi connectivity index (χ3n) is 3.31. The maximum Gasteiger partial charge on any atom is 0.303 e. The molecule has 0 fully saturated rings. The highest BCUT2D eigenvalue weighted by atomic mass is 16.4. The van der Waals surface area contributed by atoms with E-state index in [2.05, 4.69) is 10.3 Å². The molecular weight excluding hydrogens is 270 g/mol. The van der Waals surface area contributed by atoms with Crippen molar-refractivity contribution in [3.8, 4) is 0 Å². The van der Waals surface area contributed by atoms with Gasteiger partial charge in [0.1, 0.15) is 0 Å². The van der Waals surface area contributed by atoms with Crippen LogP contribution in [-0.2, 0) is 16.1 Å². The number of hydrogen-bond acceptors (Lipinski definition) is 3. The standard InChI is InChI=1S/C15H19N3O3/c1-11(6-7-15(20)21)17-14(19)8-9-18-10-16-12-4-2-3-5-13(12)18/h2-5,10-11H,6-9H2,1H3,(H,17,19)(H,20,21). The Balaban J connectivity index is 1.82.